The summed E-state index contributed by atoms with van der Waals surface area (Å²) in [7, 11) is 0. The summed E-state index contributed by atoms with van der Waals surface area (Å²) in [6.07, 6.45) is 1.03. The van der Waals surface area contributed by atoms with E-state index in [2.05, 4.69) is 10.6 Å². The summed E-state index contributed by atoms with van der Waals surface area (Å²) in [5.41, 5.74) is 2.49. The van der Waals surface area contributed by atoms with E-state index in [1.807, 2.05) is 20.8 Å². The van der Waals surface area contributed by atoms with E-state index < -0.39 is 0 Å². The van der Waals surface area contributed by atoms with Crippen LogP contribution in [0.4, 0.5) is 0 Å². The van der Waals surface area contributed by atoms with Crippen molar-refractivity contribution in [3.63, 3.8) is 0 Å². The lowest BCUT2D eigenvalue weighted by atomic mass is 10.1. The van der Waals surface area contributed by atoms with Gasteiger partial charge in [-0.05, 0) is 27.2 Å². The Bertz CT molecular complexity index is 304. The maximum Gasteiger partial charge on any atom is 0.243 e. The van der Waals surface area contributed by atoms with E-state index in [1.54, 1.807) is 0 Å². The molecule has 15 heavy (non-hydrogen) atoms. The van der Waals surface area contributed by atoms with E-state index in [-0.39, 0.29) is 17.9 Å². The number of rotatable bonds is 3. The van der Waals surface area contributed by atoms with E-state index in [1.165, 1.54) is 11.1 Å². The third-order valence-corrected chi connectivity index (χ3v) is 2.71. The van der Waals surface area contributed by atoms with Crippen LogP contribution in [0.5, 0.6) is 0 Å². The normalized spacial score (nSPS) is 21.1. The molecule has 84 valence electrons. The molecular formula is C11H18N2O2. The van der Waals surface area contributed by atoms with Gasteiger partial charge in [0.25, 0.3) is 0 Å². The van der Waals surface area contributed by atoms with Crippen molar-refractivity contribution in [1.29, 1.82) is 0 Å². The summed E-state index contributed by atoms with van der Waals surface area (Å²) in [6.45, 7) is 6.83. The lowest BCUT2D eigenvalue weighted by Gasteiger charge is -2.22. The van der Waals surface area contributed by atoms with E-state index in [9.17, 15) is 9.59 Å². The van der Waals surface area contributed by atoms with Crippen LogP contribution < -0.4 is 10.6 Å². The number of piperidine rings is 1. The Balaban J connectivity index is 2.43. The molecule has 1 aliphatic heterocycles. The summed E-state index contributed by atoms with van der Waals surface area (Å²) < 4.78 is 0. The highest BCUT2D eigenvalue weighted by Crippen LogP contribution is 2.06. The molecule has 4 nitrogen and oxygen atoms in total. The van der Waals surface area contributed by atoms with Gasteiger partial charge >= 0.3 is 0 Å². The number of imide groups is 1. The number of nitrogens with one attached hydrogen (secondary N) is 2. The summed E-state index contributed by atoms with van der Waals surface area (Å²) in [5, 5.41) is 5.48. The largest absolute Gasteiger partial charge is 0.302 e. The van der Waals surface area contributed by atoms with Crippen LogP contribution in [0.2, 0.25) is 0 Å². The Kier molecular flexibility index (Phi) is 4.03. The lowest BCUT2D eigenvalue weighted by molar-refractivity contribution is -0.134. The van der Waals surface area contributed by atoms with Gasteiger partial charge in [-0.15, -0.1) is 0 Å². The Morgan fingerprint density at radius 3 is 2.60 bits per heavy atom. The molecule has 1 unspecified atom stereocenters. The number of amides is 2. The van der Waals surface area contributed by atoms with Crippen molar-refractivity contribution in [2.75, 3.05) is 6.54 Å². The molecule has 1 saturated heterocycles. The first-order valence-corrected chi connectivity index (χ1v) is 5.20. The molecular weight excluding hydrogens is 192 g/mol. The Labute approximate surface area is 90.1 Å². The van der Waals surface area contributed by atoms with Gasteiger partial charge in [-0.1, -0.05) is 11.1 Å². The van der Waals surface area contributed by atoms with Crippen LogP contribution in [-0.4, -0.2) is 24.4 Å². The van der Waals surface area contributed by atoms with E-state index in [0.29, 0.717) is 19.4 Å². The lowest BCUT2D eigenvalue weighted by Crippen LogP contribution is -2.51. The van der Waals surface area contributed by atoms with Gasteiger partial charge in [0.15, 0.2) is 0 Å². The molecule has 2 amide bonds. The maximum atomic E-state index is 11.4. The molecule has 1 atom stereocenters. The molecule has 1 rings (SSSR count). The molecule has 1 fully saturated rings. The Morgan fingerprint density at radius 2 is 2.07 bits per heavy atom. The monoisotopic (exact) mass is 210 g/mol. The highest BCUT2D eigenvalue weighted by atomic mass is 16.2. The summed E-state index contributed by atoms with van der Waals surface area (Å²) in [6, 6.07) is -0.225. The van der Waals surface area contributed by atoms with Gasteiger partial charge < -0.3 is 5.32 Å². The third-order valence-electron chi connectivity index (χ3n) is 2.71. The smallest absolute Gasteiger partial charge is 0.243 e. The van der Waals surface area contributed by atoms with Gasteiger partial charge in [-0.2, -0.15) is 0 Å². The van der Waals surface area contributed by atoms with E-state index in [0.717, 1.165) is 0 Å². The number of hydrogen-bond donors (Lipinski definition) is 2. The topological polar surface area (TPSA) is 58.2 Å². The number of hydrogen-bond acceptors (Lipinski definition) is 3. The van der Waals surface area contributed by atoms with Crippen LogP contribution in [0.1, 0.15) is 33.6 Å². The van der Waals surface area contributed by atoms with E-state index in [4.69, 9.17) is 0 Å². The van der Waals surface area contributed by atoms with Crippen LogP contribution in [0.25, 0.3) is 0 Å². The molecule has 4 heteroatoms. The van der Waals surface area contributed by atoms with Crippen molar-refractivity contribution >= 4 is 11.8 Å². The maximum absolute atomic E-state index is 11.4. The van der Waals surface area contributed by atoms with Gasteiger partial charge in [0.05, 0.1) is 6.04 Å². The van der Waals surface area contributed by atoms with Crippen molar-refractivity contribution in [3.8, 4) is 0 Å². The van der Waals surface area contributed by atoms with Gasteiger partial charge in [-0.25, -0.2) is 0 Å². The molecule has 1 heterocycles. The third kappa shape index (κ3) is 3.47. The molecule has 0 aromatic heterocycles. The zero-order valence-electron chi connectivity index (χ0n) is 9.52. The zero-order chi connectivity index (χ0) is 11.4. The Morgan fingerprint density at radius 1 is 1.40 bits per heavy atom. The fourth-order valence-electron chi connectivity index (χ4n) is 1.34. The highest BCUT2D eigenvalue weighted by Gasteiger charge is 2.25. The molecule has 0 spiro atoms. The van der Waals surface area contributed by atoms with Gasteiger partial charge in [0, 0.05) is 13.0 Å². The van der Waals surface area contributed by atoms with Gasteiger partial charge in [-0.3, -0.25) is 14.9 Å². The average molecular weight is 210 g/mol. The standard InChI is InChI=1S/C11H18N2O2/c1-7(2)8(3)6-12-9-4-5-10(14)13-11(9)15/h9,12H,4-6H2,1-3H3,(H,13,14,15). The molecule has 0 bridgehead atoms. The summed E-state index contributed by atoms with van der Waals surface area (Å²) in [5.74, 6) is -0.371. The van der Waals surface area contributed by atoms with Crippen LogP contribution >= 0.6 is 0 Å². The van der Waals surface area contributed by atoms with Gasteiger partial charge in [0.1, 0.15) is 0 Å². The molecule has 0 aromatic carbocycles. The van der Waals surface area contributed by atoms with Crippen molar-refractivity contribution < 1.29 is 9.59 Å². The Hall–Kier alpha value is -1.16. The molecule has 2 N–H and O–H groups in total. The minimum Gasteiger partial charge on any atom is -0.302 e. The van der Waals surface area contributed by atoms with Crippen molar-refractivity contribution in [2.24, 2.45) is 0 Å². The van der Waals surface area contributed by atoms with Gasteiger partial charge in [0.2, 0.25) is 11.8 Å². The molecule has 0 aromatic rings. The van der Waals surface area contributed by atoms with Crippen LogP contribution in [0.15, 0.2) is 11.1 Å². The molecule has 1 aliphatic rings. The fourth-order valence-corrected chi connectivity index (χ4v) is 1.34. The second-order valence-corrected chi connectivity index (χ2v) is 4.16. The minimum absolute atomic E-state index is 0.169. The summed E-state index contributed by atoms with van der Waals surface area (Å²) in [4.78, 5) is 22.3. The number of carbonyl (C=O) groups excluding carboxylic acids is 2. The molecule has 0 radical (unpaired) electrons. The predicted octanol–water partition coefficient (Wildman–Crippen LogP) is 0.737. The van der Waals surface area contributed by atoms with E-state index >= 15 is 0 Å². The molecule has 0 saturated carbocycles. The highest BCUT2D eigenvalue weighted by molar-refractivity contribution is 6.00. The fraction of sp³-hybridized carbons (Fsp3) is 0.636. The number of carbonyl (C=O) groups is 2. The average Bonchev–Trinajstić information content (AvgIpc) is 2.15. The second-order valence-electron chi connectivity index (χ2n) is 4.16. The van der Waals surface area contributed by atoms with Crippen LogP contribution in [-0.2, 0) is 9.59 Å². The zero-order valence-corrected chi connectivity index (χ0v) is 9.52. The van der Waals surface area contributed by atoms with Crippen LogP contribution in [0.3, 0.4) is 0 Å². The quantitative estimate of drug-likeness (QED) is 0.533. The number of allylic oxidation sites excluding steroid dienone is 1. The first-order valence-electron chi connectivity index (χ1n) is 5.20. The second kappa shape index (κ2) is 5.07. The van der Waals surface area contributed by atoms with Crippen molar-refractivity contribution in [1.82, 2.24) is 10.6 Å². The molecule has 0 aliphatic carbocycles. The van der Waals surface area contributed by atoms with Crippen molar-refractivity contribution in [3.05, 3.63) is 11.1 Å². The van der Waals surface area contributed by atoms with Crippen LogP contribution in [0, 0.1) is 0 Å². The first kappa shape index (κ1) is 11.9. The first-order chi connectivity index (χ1) is 7.00. The van der Waals surface area contributed by atoms with Crippen molar-refractivity contribution in [2.45, 2.75) is 39.7 Å². The SMILES string of the molecule is CC(C)=C(C)CNC1CCC(=O)NC1=O. The summed E-state index contributed by atoms with van der Waals surface area (Å²) >= 11 is 0. The minimum atomic E-state index is -0.225. The predicted molar refractivity (Wildman–Crippen MR) is 58.2 cm³/mol.